The Balaban J connectivity index is 1.99. The molecular weight excluding hydrogens is 329 g/mol. The van der Waals surface area contributed by atoms with Gasteiger partial charge in [0.2, 0.25) is 0 Å². The van der Waals surface area contributed by atoms with Crippen molar-refractivity contribution in [1.29, 1.82) is 0 Å². The summed E-state index contributed by atoms with van der Waals surface area (Å²) in [6.07, 6.45) is 4.28. The molecule has 0 radical (unpaired) electrons. The van der Waals surface area contributed by atoms with Gasteiger partial charge in [0, 0.05) is 6.20 Å². The van der Waals surface area contributed by atoms with Gasteiger partial charge in [-0.25, -0.2) is 4.39 Å². The number of aromatic nitrogens is 1. The van der Waals surface area contributed by atoms with Gasteiger partial charge in [0.1, 0.15) is 5.82 Å². The van der Waals surface area contributed by atoms with E-state index in [0.29, 0.717) is 23.3 Å². The molecule has 0 unspecified atom stereocenters. The number of fused-ring (bicyclic) bond motifs is 1. The van der Waals surface area contributed by atoms with E-state index in [9.17, 15) is 14.0 Å². The van der Waals surface area contributed by atoms with Crippen molar-refractivity contribution in [2.75, 3.05) is 0 Å². The molecular formula is C19H13ClFNO2. The molecule has 3 aromatic rings. The van der Waals surface area contributed by atoms with Crippen molar-refractivity contribution in [3.05, 3.63) is 74.9 Å². The second-order valence-electron chi connectivity index (χ2n) is 6.02. The van der Waals surface area contributed by atoms with Gasteiger partial charge >= 0.3 is 0 Å². The van der Waals surface area contributed by atoms with E-state index in [1.807, 2.05) is 6.07 Å². The summed E-state index contributed by atoms with van der Waals surface area (Å²) in [4.78, 5) is 24.1. The zero-order valence-corrected chi connectivity index (χ0v) is 13.4. The van der Waals surface area contributed by atoms with Crippen LogP contribution in [0.15, 0.2) is 47.4 Å². The molecule has 120 valence electrons. The molecule has 1 saturated carbocycles. The first-order valence-electron chi connectivity index (χ1n) is 7.69. The highest BCUT2D eigenvalue weighted by atomic mass is 35.5. The van der Waals surface area contributed by atoms with Crippen molar-refractivity contribution in [2.24, 2.45) is 0 Å². The summed E-state index contributed by atoms with van der Waals surface area (Å²) in [6.45, 7) is 0. The maximum absolute atomic E-state index is 14.5. The third-order valence-electron chi connectivity index (χ3n) is 4.43. The molecule has 1 aromatic heterocycles. The van der Waals surface area contributed by atoms with Gasteiger partial charge < -0.3 is 0 Å². The molecule has 0 saturated heterocycles. The SMILES string of the molecule is O=Cc1c(Cl)cccc1-n1ccc2cc(C3CC3)cc(F)c2c1=O. The Morgan fingerprint density at radius 3 is 2.71 bits per heavy atom. The topological polar surface area (TPSA) is 39.1 Å². The smallest absolute Gasteiger partial charge is 0.265 e. The van der Waals surface area contributed by atoms with Gasteiger partial charge in [-0.2, -0.15) is 0 Å². The molecule has 0 spiro atoms. The van der Waals surface area contributed by atoms with E-state index < -0.39 is 11.4 Å². The summed E-state index contributed by atoms with van der Waals surface area (Å²) < 4.78 is 15.8. The van der Waals surface area contributed by atoms with Crippen molar-refractivity contribution in [3.8, 4) is 5.69 Å². The summed E-state index contributed by atoms with van der Waals surface area (Å²) in [5.41, 5.74) is 0.983. The Morgan fingerprint density at radius 2 is 2.00 bits per heavy atom. The van der Waals surface area contributed by atoms with Gasteiger partial charge in [0.25, 0.3) is 5.56 Å². The van der Waals surface area contributed by atoms with Crippen LogP contribution >= 0.6 is 11.6 Å². The minimum atomic E-state index is -0.525. The molecule has 0 N–H and O–H groups in total. The van der Waals surface area contributed by atoms with Crippen molar-refractivity contribution in [3.63, 3.8) is 0 Å². The second-order valence-corrected chi connectivity index (χ2v) is 6.43. The molecule has 1 aliphatic rings. The van der Waals surface area contributed by atoms with Gasteiger partial charge in [-0.15, -0.1) is 0 Å². The zero-order chi connectivity index (χ0) is 16.8. The lowest BCUT2D eigenvalue weighted by atomic mass is 10.0. The molecule has 0 atom stereocenters. The standard InChI is InChI=1S/C19H13ClFNO2/c20-15-2-1-3-17(14(15)10-23)22-7-6-12-8-13(11-4-5-11)9-16(21)18(12)19(22)24/h1-3,6-11H,4-5H2. The average molecular weight is 342 g/mol. The molecule has 24 heavy (non-hydrogen) atoms. The van der Waals surface area contributed by atoms with Crippen molar-refractivity contribution in [2.45, 2.75) is 18.8 Å². The third-order valence-corrected chi connectivity index (χ3v) is 4.76. The maximum atomic E-state index is 14.5. The minimum Gasteiger partial charge on any atom is -0.298 e. The lowest BCUT2D eigenvalue weighted by molar-refractivity contribution is 0.112. The van der Waals surface area contributed by atoms with Crippen LogP contribution in [0.2, 0.25) is 5.02 Å². The van der Waals surface area contributed by atoms with E-state index >= 15 is 0 Å². The number of nitrogens with zero attached hydrogens (tertiary/aromatic N) is 1. The van der Waals surface area contributed by atoms with E-state index in [0.717, 1.165) is 18.4 Å². The predicted molar refractivity (Wildman–Crippen MR) is 91.9 cm³/mol. The number of hydrogen-bond acceptors (Lipinski definition) is 2. The lowest BCUT2D eigenvalue weighted by Gasteiger charge is -2.11. The Morgan fingerprint density at radius 1 is 1.21 bits per heavy atom. The van der Waals surface area contributed by atoms with Gasteiger partial charge in [-0.05, 0) is 54.0 Å². The fraction of sp³-hybridized carbons (Fsp3) is 0.158. The van der Waals surface area contributed by atoms with Gasteiger partial charge in [-0.1, -0.05) is 23.7 Å². The first-order chi connectivity index (χ1) is 11.6. The Bertz CT molecular complexity index is 1040. The summed E-state index contributed by atoms with van der Waals surface area (Å²) in [7, 11) is 0. The van der Waals surface area contributed by atoms with Crippen LogP contribution < -0.4 is 5.56 Å². The van der Waals surface area contributed by atoms with Crippen molar-refractivity contribution >= 4 is 28.7 Å². The Labute approximate surface area is 142 Å². The molecule has 1 fully saturated rings. The molecule has 5 heteroatoms. The van der Waals surface area contributed by atoms with E-state index in [-0.39, 0.29) is 16.0 Å². The number of carbonyl (C=O) groups is 1. The Kier molecular flexibility index (Phi) is 3.50. The molecule has 1 aliphatic carbocycles. The highest BCUT2D eigenvalue weighted by Crippen LogP contribution is 2.41. The number of rotatable bonds is 3. The van der Waals surface area contributed by atoms with Crippen LogP contribution in [0.3, 0.4) is 0 Å². The van der Waals surface area contributed by atoms with E-state index in [4.69, 9.17) is 11.6 Å². The third kappa shape index (κ3) is 2.34. The fourth-order valence-electron chi connectivity index (χ4n) is 3.04. The van der Waals surface area contributed by atoms with Crippen molar-refractivity contribution < 1.29 is 9.18 Å². The number of halogens is 2. The van der Waals surface area contributed by atoms with Crippen LogP contribution in [0.5, 0.6) is 0 Å². The van der Waals surface area contributed by atoms with Gasteiger partial charge in [0.15, 0.2) is 6.29 Å². The number of carbonyl (C=O) groups excluding carboxylic acids is 1. The lowest BCUT2D eigenvalue weighted by Crippen LogP contribution is -2.20. The first kappa shape index (κ1) is 15.1. The van der Waals surface area contributed by atoms with Crippen LogP contribution in [0.1, 0.15) is 34.7 Å². The minimum absolute atomic E-state index is 0.0266. The van der Waals surface area contributed by atoms with Crippen LogP contribution in [0.4, 0.5) is 4.39 Å². The van der Waals surface area contributed by atoms with Crippen LogP contribution in [0, 0.1) is 5.82 Å². The van der Waals surface area contributed by atoms with Crippen LogP contribution in [-0.2, 0) is 0 Å². The summed E-state index contributed by atoms with van der Waals surface area (Å²) >= 11 is 6.02. The molecule has 2 aromatic carbocycles. The number of hydrogen-bond donors (Lipinski definition) is 0. The second kappa shape index (κ2) is 5.56. The maximum Gasteiger partial charge on any atom is 0.265 e. The van der Waals surface area contributed by atoms with Gasteiger partial charge in [0.05, 0.1) is 21.7 Å². The molecule has 1 heterocycles. The van der Waals surface area contributed by atoms with E-state index in [2.05, 4.69) is 0 Å². The molecule has 3 nitrogen and oxygen atoms in total. The fourth-order valence-corrected chi connectivity index (χ4v) is 3.26. The molecule has 4 rings (SSSR count). The first-order valence-corrected chi connectivity index (χ1v) is 8.07. The van der Waals surface area contributed by atoms with Crippen LogP contribution in [-0.4, -0.2) is 10.9 Å². The highest BCUT2D eigenvalue weighted by Gasteiger charge is 2.25. The quantitative estimate of drug-likeness (QED) is 0.659. The highest BCUT2D eigenvalue weighted by molar-refractivity contribution is 6.33. The van der Waals surface area contributed by atoms with Crippen LogP contribution in [0.25, 0.3) is 16.5 Å². The number of aldehydes is 1. The van der Waals surface area contributed by atoms with E-state index in [1.165, 1.54) is 10.6 Å². The number of pyridine rings is 1. The zero-order valence-electron chi connectivity index (χ0n) is 12.6. The summed E-state index contributed by atoms with van der Waals surface area (Å²) in [5.74, 6) is -0.121. The monoisotopic (exact) mass is 341 g/mol. The average Bonchev–Trinajstić information content (AvgIpc) is 3.39. The largest absolute Gasteiger partial charge is 0.298 e. The summed E-state index contributed by atoms with van der Waals surface area (Å²) in [6, 6.07) is 9.85. The van der Waals surface area contributed by atoms with Crippen molar-refractivity contribution in [1.82, 2.24) is 4.57 Å². The normalized spacial score (nSPS) is 14.1. The predicted octanol–water partition coefficient (Wildman–Crippen LogP) is 4.47. The van der Waals surface area contributed by atoms with E-state index in [1.54, 1.807) is 30.5 Å². The van der Waals surface area contributed by atoms with Gasteiger partial charge in [-0.3, -0.25) is 14.2 Å². The summed E-state index contributed by atoms with van der Waals surface area (Å²) in [5, 5.41) is 0.852. The molecule has 0 bridgehead atoms. The molecule has 0 aliphatic heterocycles. The molecule has 0 amide bonds. The number of benzene rings is 2. The Hall–Kier alpha value is -2.46.